The van der Waals surface area contributed by atoms with Crippen LogP contribution < -0.4 is 4.74 Å². The van der Waals surface area contributed by atoms with Crippen molar-refractivity contribution in [1.82, 2.24) is 4.90 Å². The number of nitro groups is 1. The van der Waals surface area contributed by atoms with Crippen LogP contribution in [0.5, 0.6) is 5.75 Å². The molecule has 1 amide bonds. The molecule has 0 radical (unpaired) electrons. The van der Waals surface area contributed by atoms with E-state index in [1.165, 1.54) is 18.2 Å². The zero-order chi connectivity index (χ0) is 13.8. The normalized spacial score (nSPS) is 14.9. The van der Waals surface area contributed by atoms with E-state index in [-0.39, 0.29) is 36.5 Å². The molecule has 1 aromatic carbocycles. The minimum atomic E-state index is -0.550. The number of rotatable bonds is 5. The van der Waals surface area contributed by atoms with Gasteiger partial charge in [0.1, 0.15) is 0 Å². The molecule has 0 atom stereocenters. The maximum absolute atomic E-state index is 11.7. The molecule has 1 heterocycles. The van der Waals surface area contributed by atoms with Gasteiger partial charge in [0.15, 0.2) is 12.4 Å². The van der Waals surface area contributed by atoms with E-state index in [0.29, 0.717) is 13.1 Å². The van der Waals surface area contributed by atoms with Crippen LogP contribution in [0.1, 0.15) is 0 Å². The average Bonchev–Trinajstić information content (AvgIpc) is 2.35. The number of likely N-dealkylation sites (tertiary alicyclic amines) is 1. The molecule has 1 aliphatic rings. The van der Waals surface area contributed by atoms with Gasteiger partial charge in [-0.05, 0) is 6.07 Å². The summed E-state index contributed by atoms with van der Waals surface area (Å²) >= 11 is 0. The van der Waals surface area contributed by atoms with Gasteiger partial charge in [-0.1, -0.05) is 12.1 Å². The molecule has 1 saturated heterocycles. The summed E-state index contributed by atoms with van der Waals surface area (Å²) in [6.45, 7) is 0.850. The predicted molar refractivity (Wildman–Crippen MR) is 65.7 cm³/mol. The number of nitro benzene ring substituents is 1. The van der Waals surface area contributed by atoms with E-state index in [4.69, 9.17) is 9.84 Å². The number of ether oxygens (including phenoxy) is 1. The van der Waals surface area contributed by atoms with E-state index in [9.17, 15) is 14.9 Å². The van der Waals surface area contributed by atoms with Crippen molar-refractivity contribution in [3.05, 3.63) is 34.4 Å². The van der Waals surface area contributed by atoms with Crippen molar-refractivity contribution >= 4 is 11.6 Å². The summed E-state index contributed by atoms with van der Waals surface area (Å²) in [5.74, 6) is -0.0158. The third-order valence-electron chi connectivity index (χ3n) is 2.98. The molecule has 1 N–H and O–H groups in total. The summed E-state index contributed by atoms with van der Waals surface area (Å²) < 4.78 is 5.19. The van der Waals surface area contributed by atoms with Crippen LogP contribution in [-0.4, -0.2) is 47.1 Å². The summed E-state index contributed by atoms with van der Waals surface area (Å²) in [7, 11) is 0. The molecule has 2 rings (SSSR count). The monoisotopic (exact) mass is 266 g/mol. The van der Waals surface area contributed by atoms with Crippen molar-refractivity contribution in [3.63, 3.8) is 0 Å². The van der Waals surface area contributed by atoms with Gasteiger partial charge in [-0.2, -0.15) is 0 Å². The highest BCUT2D eigenvalue weighted by molar-refractivity contribution is 5.78. The summed E-state index contributed by atoms with van der Waals surface area (Å²) in [4.78, 5) is 23.4. The topological polar surface area (TPSA) is 92.9 Å². The molecule has 0 aromatic heterocycles. The van der Waals surface area contributed by atoms with Crippen molar-refractivity contribution in [2.24, 2.45) is 5.92 Å². The van der Waals surface area contributed by atoms with Gasteiger partial charge in [0, 0.05) is 31.7 Å². The lowest BCUT2D eigenvalue weighted by Gasteiger charge is -2.38. The number of para-hydroxylation sites is 2. The van der Waals surface area contributed by atoms with E-state index in [1.807, 2.05) is 0 Å². The van der Waals surface area contributed by atoms with Crippen LogP contribution >= 0.6 is 0 Å². The SMILES string of the molecule is O=C(COc1ccccc1[N+](=O)[O-])N1CC(CO)C1. The first-order valence-corrected chi connectivity index (χ1v) is 5.86. The first-order valence-electron chi connectivity index (χ1n) is 5.86. The molecule has 7 nitrogen and oxygen atoms in total. The van der Waals surface area contributed by atoms with Crippen LogP contribution in [0.25, 0.3) is 0 Å². The Bertz CT molecular complexity index is 485. The highest BCUT2D eigenvalue weighted by Crippen LogP contribution is 2.26. The van der Waals surface area contributed by atoms with E-state index in [2.05, 4.69) is 0 Å². The Balaban J connectivity index is 1.89. The number of aliphatic hydroxyl groups is 1. The summed E-state index contributed by atoms with van der Waals surface area (Å²) in [5, 5.41) is 19.6. The van der Waals surface area contributed by atoms with Gasteiger partial charge in [0.25, 0.3) is 5.91 Å². The number of carbonyl (C=O) groups is 1. The van der Waals surface area contributed by atoms with Crippen LogP contribution in [0.3, 0.4) is 0 Å². The quantitative estimate of drug-likeness (QED) is 0.616. The standard InChI is InChI=1S/C12H14N2O5/c15-7-9-5-13(6-9)12(16)8-19-11-4-2-1-3-10(11)14(17)18/h1-4,9,15H,5-8H2. The van der Waals surface area contributed by atoms with Gasteiger partial charge in [-0.25, -0.2) is 0 Å². The molecular weight excluding hydrogens is 252 g/mol. The number of hydrogen-bond donors (Lipinski definition) is 1. The minimum Gasteiger partial charge on any atom is -0.477 e. The Morgan fingerprint density at radius 2 is 2.16 bits per heavy atom. The molecule has 0 saturated carbocycles. The lowest BCUT2D eigenvalue weighted by molar-refractivity contribution is -0.385. The second-order valence-corrected chi connectivity index (χ2v) is 4.36. The van der Waals surface area contributed by atoms with Crippen molar-refractivity contribution in [2.45, 2.75) is 0 Å². The molecule has 1 fully saturated rings. The molecule has 0 spiro atoms. The Hall–Kier alpha value is -2.15. The van der Waals surface area contributed by atoms with Crippen molar-refractivity contribution < 1.29 is 19.6 Å². The van der Waals surface area contributed by atoms with Gasteiger partial charge in [-0.15, -0.1) is 0 Å². The molecule has 0 bridgehead atoms. The average molecular weight is 266 g/mol. The Morgan fingerprint density at radius 1 is 1.47 bits per heavy atom. The third-order valence-corrected chi connectivity index (χ3v) is 2.98. The minimum absolute atomic E-state index is 0.0643. The third kappa shape index (κ3) is 3.00. The first kappa shape index (κ1) is 13.3. The molecule has 0 aliphatic carbocycles. The maximum Gasteiger partial charge on any atom is 0.310 e. The molecular formula is C12H14N2O5. The molecule has 7 heteroatoms. The van der Waals surface area contributed by atoms with Gasteiger partial charge in [-0.3, -0.25) is 14.9 Å². The number of nitrogens with zero attached hydrogens (tertiary/aromatic N) is 2. The predicted octanol–water partition coefficient (Wildman–Crippen LogP) is 0.424. The molecule has 19 heavy (non-hydrogen) atoms. The number of carbonyl (C=O) groups excluding carboxylic acids is 1. The Kier molecular flexibility index (Phi) is 3.96. The van der Waals surface area contributed by atoms with Gasteiger partial charge in [0.2, 0.25) is 0 Å². The Morgan fingerprint density at radius 3 is 2.79 bits per heavy atom. The zero-order valence-corrected chi connectivity index (χ0v) is 10.2. The summed E-state index contributed by atoms with van der Waals surface area (Å²) in [6, 6.07) is 5.93. The summed E-state index contributed by atoms with van der Waals surface area (Å²) in [5.41, 5.74) is -0.160. The maximum atomic E-state index is 11.7. The lowest BCUT2D eigenvalue weighted by Crippen LogP contribution is -2.52. The fourth-order valence-electron chi connectivity index (χ4n) is 1.85. The van der Waals surface area contributed by atoms with Gasteiger partial charge >= 0.3 is 5.69 Å². The van der Waals surface area contributed by atoms with E-state index in [0.717, 1.165) is 0 Å². The van der Waals surface area contributed by atoms with E-state index in [1.54, 1.807) is 11.0 Å². The van der Waals surface area contributed by atoms with Crippen LogP contribution in [0.2, 0.25) is 0 Å². The van der Waals surface area contributed by atoms with E-state index < -0.39 is 4.92 Å². The largest absolute Gasteiger partial charge is 0.477 e. The fraction of sp³-hybridized carbons (Fsp3) is 0.417. The highest BCUT2D eigenvalue weighted by atomic mass is 16.6. The second kappa shape index (κ2) is 5.66. The fourth-order valence-corrected chi connectivity index (χ4v) is 1.85. The molecule has 1 aliphatic heterocycles. The van der Waals surface area contributed by atoms with Crippen molar-refractivity contribution in [1.29, 1.82) is 0 Å². The van der Waals surface area contributed by atoms with Crippen molar-refractivity contribution in [3.8, 4) is 5.75 Å². The molecule has 0 unspecified atom stereocenters. The molecule has 102 valence electrons. The van der Waals surface area contributed by atoms with E-state index >= 15 is 0 Å². The number of aliphatic hydroxyl groups excluding tert-OH is 1. The summed E-state index contributed by atoms with van der Waals surface area (Å²) in [6.07, 6.45) is 0. The number of hydrogen-bond acceptors (Lipinski definition) is 5. The smallest absolute Gasteiger partial charge is 0.310 e. The van der Waals surface area contributed by atoms with Gasteiger partial charge in [0.05, 0.1) is 4.92 Å². The molecule has 1 aromatic rings. The van der Waals surface area contributed by atoms with Crippen LogP contribution in [0.4, 0.5) is 5.69 Å². The van der Waals surface area contributed by atoms with Crippen molar-refractivity contribution in [2.75, 3.05) is 26.3 Å². The zero-order valence-electron chi connectivity index (χ0n) is 10.2. The number of benzene rings is 1. The highest BCUT2D eigenvalue weighted by Gasteiger charge is 2.30. The lowest BCUT2D eigenvalue weighted by atomic mass is 10.0. The van der Waals surface area contributed by atoms with Gasteiger partial charge < -0.3 is 14.7 Å². The van der Waals surface area contributed by atoms with Crippen LogP contribution in [0, 0.1) is 16.0 Å². The Labute approximate surface area is 109 Å². The van der Waals surface area contributed by atoms with Crippen LogP contribution in [0.15, 0.2) is 24.3 Å². The first-order chi connectivity index (χ1) is 9.11. The number of amides is 1. The second-order valence-electron chi connectivity index (χ2n) is 4.36. The van der Waals surface area contributed by atoms with Crippen LogP contribution in [-0.2, 0) is 4.79 Å².